The van der Waals surface area contributed by atoms with Gasteiger partial charge in [0.1, 0.15) is 5.54 Å². The molecule has 17 heavy (non-hydrogen) atoms. The predicted octanol–water partition coefficient (Wildman–Crippen LogP) is 1.81. The van der Waals surface area contributed by atoms with Crippen LogP contribution in [0.3, 0.4) is 0 Å². The molecule has 1 unspecified atom stereocenters. The highest BCUT2D eigenvalue weighted by Gasteiger charge is 2.33. The van der Waals surface area contributed by atoms with Crippen LogP contribution in [0.15, 0.2) is 0 Å². The SMILES string of the molecule is CCC(CC)CN(CC)CC(C)(NC)C(=O)O. The van der Waals surface area contributed by atoms with E-state index >= 15 is 0 Å². The molecule has 0 aliphatic rings. The Morgan fingerprint density at radius 1 is 1.35 bits per heavy atom. The number of rotatable bonds is 9. The van der Waals surface area contributed by atoms with Gasteiger partial charge in [0.15, 0.2) is 0 Å². The number of nitrogens with one attached hydrogen (secondary N) is 1. The van der Waals surface area contributed by atoms with Crippen LogP contribution in [0.4, 0.5) is 0 Å². The molecule has 4 heteroatoms. The Kier molecular flexibility index (Phi) is 7.39. The fourth-order valence-corrected chi connectivity index (χ4v) is 1.92. The molecule has 0 aliphatic carbocycles. The van der Waals surface area contributed by atoms with Gasteiger partial charge in [-0.05, 0) is 26.4 Å². The maximum Gasteiger partial charge on any atom is 0.324 e. The van der Waals surface area contributed by atoms with Crippen LogP contribution in [0.25, 0.3) is 0 Å². The molecule has 0 amide bonds. The third-order valence-corrected chi connectivity index (χ3v) is 3.68. The standard InChI is InChI=1S/C13H28N2O2/c1-6-11(7-2)9-15(8-3)10-13(4,14-5)12(16)17/h11,14H,6-10H2,1-5H3,(H,16,17). The molecule has 0 radical (unpaired) electrons. The molecular weight excluding hydrogens is 216 g/mol. The molecule has 0 bridgehead atoms. The molecule has 0 aromatic rings. The number of aliphatic carboxylic acids is 1. The summed E-state index contributed by atoms with van der Waals surface area (Å²) in [6, 6.07) is 0. The van der Waals surface area contributed by atoms with Gasteiger partial charge < -0.3 is 15.3 Å². The summed E-state index contributed by atoms with van der Waals surface area (Å²) in [4.78, 5) is 13.5. The molecule has 0 fully saturated rings. The van der Waals surface area contributed by atoms with Crippen LogP contribution in [0.1, 0.15) is 40.5 Å². The van der Waals surface area contributed by atoms with Gasteiger partial charge in [0, 0.05) is 13.1 Å². The van der Waals surface area contributed by atoms with Crippen molar-refractivity contribution in [2.75, 3.05) is 26.7 Å². The highest BCUT2D eigenvalue weighted by molar-refractivity contribution is 5.78. The van der Waals surface area contributed by atoms with E-state index in [1.165, 1.54) is 0 Å². The molecule has 2 N–H and O–H groups in total. The molecule has 1 atom stereocenters. The number of hydrogen-bond donors (Lipinski definition) is 2. The zero-order valence-electron chi connectivity index (χ0n) is 11.9. The molecule has 0 spiro atoms. The van der Waals surface area contributed by atoms with Crippen molar-refractivity contribution in [3.63, 3.8) is 0 Å². The first-order valence-electron chi connectivity index (χ1n) is 6.58. The highest BCUT2D eigenvalue weighted by atomic mass is 16.4. The van der Waals surface area contributed by atoms with Crippen LogP contribution in [-0.2, 0) is 4.79 Å². The molecule has 102 valence electrons. The largest absolute Gasteiger partial charge is 0.480 e. The Morgan fingerprint density at radius 3 is 2.18 bits per heavy atom. The lowest BCUT2D eigenvalue weighted by atomic mass is 9.99. The van der Waals surface area contributed by atoms with Crippen LogP contribution in [-0.4, -0.2) is 48.2 Å². The molecule has 0 saturated heterocycles. The second-order valence-corrected chi connectivity index (χ2v) is 4.90. The van der Waals surface area contributed by atoms with Gasteiger partial charge in [0.25, 0.3) is 0 Å². The number of carboxylic acids is 1. The van der Waals surface area contributed by atoms with Crippen molar-refractivity contribution >= 4 is 5.97 Å². The maximum atomic E-state index is 11.2. The quantitative estimate of drug-likeness (QED) is 0.649. The summed E-state index contributed by atoms with van der Waals surface area (Å²) in [7, 11) is 1.71. The first-order valence-corrected chi connectivity index (χ1v) is 6.58. The van der Waals surface area contributed by atoms with E-state index in [2.05, 4.69) is 31.0 Å². The Hall–Kier alpha value is -0.610. The summed E-state index contributed by atoms with van der Waals surface area (Å²) >= 11 is 0. The third-order valence-electron chi connectivity index (χ3n) is 3.68. The minimum atomic E-state index is -0.859. The number of likely N-dealkylation sites (N-methyl/N-ethyl adjacent to an activating group) is 2. The molecule has 4 nitrogen and oxygen atoms in total. The minimum absolute atomic E-state index is 0.547. The van der Waals surface area contributed by atoms with E-state index in [4.69, 9.17) is 0 Å². The second kappa shape index (κ2) is 7.67. The Bertz CT molecular complexity index is 229. The van der Waals surface area contributed by atoms with Gasteiger partial charge in [-0.1, -0.05) is 33.6 Å². The van der Waals surface area contributed by atoms with E-state index in [1.54, 1.807) is 14.0 Å². The van der Waals surface area contributed by atoms with Crippen LogP contribution in [0.5, 0.6) is 0 Å². The smallest absolute Gasteiger partial charge is 0.324 e. The predicted molar refractivity (Wildman–Crippen MR) is 71.3 cm³/mol. The second-order valence-electron chi connectivity index (χ2n) is 4.90. The maximum absolute atomic E-state index is 11.2. The van der Waals surface area contributed by atoms with Gasteiger partial charge in [0.2, 0.25) is 0 Å². The highest BCUT2D eigenvalue weighted by Crippen LogP contribution is 2.13. The van der Waals surface area contributed by atoms with E-state index in [1.807, 2.05) is 0 Å². The van der Waals surface area contributed by atoms with Crippen molar-refractivity contribution in [2.45, 2.75) is 46.1 Å². The number of nitrogens with zero attached hydrogens (tertiary/aromatic N) is 1. The summed E-state index contributed by atoms with van der Waals surface area (Å²) < 4.78 is 0. The molecule has 0 aromatic carbocycles. The van der Waals surface area contributed by atoms with Crippen molar-refractivity contribution in [3.8, 4) is 0 Å². The van der Waals surface area contributed by atoms with E-state index in [9.17, 15) is 9.90 Å². The lowest BCUT2D eigenvalue weighted by Gasteiger charge is -2.33. The first kappa shape index (κ1) is 16.4. The third kappa shape index (κ3) is 5.04. The van der Waals surface area contributed by atoms with Crippen LogP contribution < -0.4 is 5.32 Å². The van der Waals surface area contributed by atoms with Gasteiger partial charge in [-0.2, -0.15) is 0 Å². The lowest BCUT2D eigenvalue weighted by Crippen LogP contribution is -2.56. The van der Waals surface area contributed by atoms with Crippen molar-refractivity contribution in [1.29, 1.82) is 0 Å². The van der Waals surface area contributed by atoms with Crippen molar-refractivity contribution in [3.05, 3.63) is 0 Å². The zero-order chi connectivity index (χ0) is 13.5. The van der Waals surface area contributed by atoms with Gasteiger partial charge in [-0.25, -0.2) is 0 Å². The van der Waals surface area contributed by atoms with Crippen LogP contribution >= 0.6 is 0 Å². The molecule has 0 aliphatic heterocycles. The summed E-state index contributed by atoms with van der Waals surface area (Å²) in [5.74, 6) is -0.132. The van der Waals surface area contributed by atoms with E-state index < -0.39 is 11.5 Å². The van der Waals surface area contributed by atoms with Gasteiger partial charge >= 0.3 is 5.97 Å². The minimum Gasteiger partial charge on any atom is -0.480 e. The van der Waals surface area contributed by atoms with Gasteiger partial charge in [-0.3, -0.25) is 4.79 Å². The van der Waals surface area contributed by atoms with E-state index in [0.717, 1.165) is 25.9 Å². The van der Waals surface area contributed by atoms with E-state index in [-0.39, 0.29) is 0 Å². The first-order chi connectivity index (χ1) is 7.93. The van der Waals surface area contributed by atoms with Gasteiger partial charge in [-0.15, -0.1) is 0 Å². The van der Waals surface area contributed by atoms with Crippen molar-refractivity contribution < 1.29 is 9.90 Å². The topological polar surface area (TPSA) is 52.6 Å². The molecular formula is C13H28N2O2. The summed E-state index contributed by atoms with van der Waals surface area (Å²) in [5.41, 5.74) is -0.859. The fourth-order valence-electron chi connectivity index (χ4n) is 1.92. The average Bonchev–Trinajstić information content (AvgIpc) is 2.33. The molecule has 0 rings (SSSR count). The molecule has 0 heterocycles. The Balaban J connectivity index is 4.52. The number of carbonyl (C=O) groups is 1. The van der Waals surface area contributed by atoms with Crippen molar-refractivity contribution in [2.24, 2.45) is 5.92 Å². The number of hydrogen-bond acceptors (Lipinski definition) is 3. The summed E-state index contributed by atoms with van der Waals surface area (Å²) in [6.07, 6.45) is 2.30. The molecule has 0 aromatic heterocycles. The van der Waals surface area contributed by atoms with Crippen LogP contribution in [0.2, 0.25) is 0 Å². The Morgan fingerprint density at radius 2 is 1.88 bits per heavy atom. The average molecular weight is 244 g/mol. The molecule has 0 saturated carbocycles. The van der Waals surface area contributed by atoms with E-state index in [0.29, 0.717) is 12.5 Å². The number of carboxylic acid groups (broad SMARTS) is 1. The van der Waals surface area contributed by atoms with Crippen molar-refractivity contribution in [1.82, 2.24) is 10.2 Å². The lowest BCUT2D eigenvalue weighted by molar-refractivity contribution is -0.144. The fraction of sp³-hybridized carbons (Fsp3) is 0.923. The normalized spacial score (nSPS) is 15.2. The summed E-state index contributed by atoms with van der Waals surface area (Å²) in [6.45, 7) is 10.6. The zero-order valence-corrected chi connectivity index (χ0v) is 11.9. The monoisotopic (exact) mass is 244 g/mol. The van der Waals surface area contributed by atoms with Crippen LogP contribution in [0, 0.1) is 5.92 Å². The van der Waals surface area contributed by atoms with Gasteiger partial charge in [0.05, 0.1) is 0 Å². The Labute approximate surface area is 105 Å². The summed E-state index contributed by atoms with van der Waals surface area (Å²) in [5, 5.41) is 12.1.